The molecule has 0 aromatic carbocycles. The lowest BCUT2D eigenvalue weighted by Gasteiger charge is -2.26. The van der Waals surface area contributed by atoms with Gasteiger partial charge in [-0.05, 0) is 39.0 Å². The summed E-state index contributed by atoms with van der Waals surface area (Å²) in [7, 11) is 5.94. The number of guanidine groups is 1. The summed E-state index contributed by atoms with van der Waals surface area (Å²) in [5, 5.41) is 7.93. The van der Waals surface area contributed by atoms with E-state index in [4.69, 9.17) is 4.74 Å². The average Bonchev–Trinajstić information content (AvgIpc) is 2.80. The van der Waals surface area contributed by atoms with E-state index in [1.807, 2.05) is 18.8 Å². The van der Waals surface area contributed by atoms with Crippen LogP contribution in [-0.2, 0) is 18.3 Å². The maximum absolute atomic E-state index is 5.43. The van der Waals surface area contributed by atoms with Crippen molar-refractivity contribution in [2.24, 2.45) is 18.0 Å². The maximum atomic E-state index is 5.43. The minimum atomic E-state index is 0. The molecule has 0 unspecified atom stereocenters. The molecule has 1 fully saturated rings. The Morgan fingerprint density at radius 1 is 1.38 bits per heavy atom. The van der Waals surface area contributed by atoms with Crippen molar-refractivity contribution in [3.8, 4) is 0 Å². The Hall–Kier alpha value is -0.830. The lowest BCUT2D eigenvalue weighted by Crippen LogP contribution is -2.39. The summed E-state index contributed by atoms with van der Waals surface area (Å²) in [6.45, 7) is 7.78. The molecule has 7 heteroatoms. The third-order valence-corrected chi connectivity index (χ3v) is 4.87. The summed E-state index contributed by atoms with van der Waals surface area (Å²) < 4.78 is 7.36. The second-order valence-electron chi connectivity index (χ2n) is 6.44. The molecule has 6 nitrogen and oxygen atoms in total. The standard InChI is InChI=1S/C17H31N5O.HI/c1-13-16(14(2)22(5)20-13)12-19-17(18-3)21(4)9-6-15-7-10-23-11-8-15;/h15H,6-12H2,1-5H3,(H,18,19);1H. The Kier molecular flexibility index (Phi) is 9.04. The minimum absolute atomic E-state index is 0. The van der Waals surface area contributed by atoms with Crippen molar-refractivity contribution in [1.29, 1.82) is 0 Å². The van der Waals surface area contributed by atoms with E-state index in [2.05, 4.69) is 41.2 Å². The highest BCUT2D eigenvalue weighted by molar-refractivity contribution is 14.0. The fourth-order valence-electron chi connectivity index (χ4n) is 3.14. The Bertz CT molecular complexity index is 537. The largest absolute Gasteiger partial charge is 0.381 e. The molecule has 1 N–H and O–H groups in total. The number of nitrogens with zero attached hydrogens (tertiary/aromatic N) is 4. The number of hydrogen-bond donors (Lipinski definition) is 1. The molecule has 1 saturated heterocycles. The first-order valence-electron chi connectivity index (χ1n) is 8.51. The van der Waals surface area contributed by atoms with Gasteiger partial charge >= 0.3 is 0 Å². The number of halogens is 1. The number of ether oxygens (including phenoxy) is 1. The van der Waals surface area contributed by atoms with Gasteiger partial charge in [0.2, 0.25) is 0 Å². The number of aliphatic imine (C=N–C) groups is 1. The van der Waals surface area contributed by atoms with Crippen molar-refractivity contribution >= 4 is 29.9 Å². The van der Waals surface area contributed by atoms with E-state index in [0.717, 1.165) is 43.9 Å². The van der Waals surface area contributed by atoms with E-state index in [0.29, 0.717) is 0 Å². The Balaban J connectivity index is 0.00000288. The first-order valence-corrected chi connectivity index (χ1v) is 8.51. The van der Waals surface area contributed by atoms with Crippen molar-refractivity contribution < 1.29 is 4.74 Å². The van der Waals surface area contributed by atoms with Crippen LogP contribution in [0.4, 0.5) is 0 Å². The van der Waals surface area contributed by atoms with E-state index in [9.17, 15) is 0 Å². The molecule has 2 heterocycles. The third kappa shape index (κ3) is 5.61. The predicted octanol–water partition coefficient (Wildman–Crippen LogP) is 2.48. The van der Waals surface area contributed by atoms with Gasteiger partial charge in [0, 0.05) is 58.7 Å². The molecule has 0 radical (unpaired) electrons. The Morgan fingerprint density at radius 2 is 2.04 bits per heavy atom. The van der Waals surface area contributed by atoms with E-state index < -0.39 is 0 Å². The van der Waals surface area contributed by atoms with E-state index >= 15 is 0 Å². The number of rotatable bonds is 5. The normalized spacial score (nSPS) is 16.0. The number of aromatic nitrogens is 2. The molecule has 2 rings (SSSR count). The second kappa shape index (κ2) is 10.2. The predicted molar refractivity (Wildman–Crippen MR) is 109 cm³/mol. The summed E-state index contributed by atoms with van der Waals surface area (Å²) >= 11 is 0. The maximum Gasteiger partial charge on any atom is 0.193 e. The van der Waals surface area contributed by atoms with E-state index in [-0.39, 0.29) is 24.0 Å². The van der Waals surface area contributed by atoms with Gasteiger partial charge in [-0.2, -0.15) is 5.10 Å². The molecule has 1 aromatic rings. The summed E-state index contributed by atoms with van der Waals surface area (Å²) in [5.74, 6) is 1.73. The zero-order valence-electron chi connectivity index (χ0n) is 15.6. The van der Waals surface area contributed by atoms with Gasteiger partial charge in [-0.1, -0.05) is 0 Å². The highest BCUT2D eigenvalue weighted by Crippen LogP contribution is 2.18. The van der Waals surface area contributed by atoms with Crippen LogP contribution in [-0.4, -0.2) is 54.5 Å². The summed E-state index contributed by atoms with van der Waals surface area (Å²) in [6, 6.07) is 0. The van der Waals surface area contributed by atoms with Gasteiger partial charge in [-0.3, -0.25) is 9.67 Å². The van der Waals surface area contributed by atoms with Crippen molar-refractivity contribution in [3.63, 3.8) is 0 Å². The first kappa shape index (κ1) is 21.2. The smallest absolute Gasteiger partial charge is 0.193 e. The molecule has 1 aromatic heterocycles. The number of hydrogen-bond acceptors (Lipinski definition) is 3. The number of aryl methyl sites for hydroxylation is 2. The van der Waals surface area contributed by atoms with Crippen LogP contribution in [0.25, 0.3) is 0 Å². The molecule has 1 aliphatic heterocycles. The van der Waals surface area contributed by atoms with Gasteiger partial charge in [-0.15, -0.1) is 24.0 Å². The van der Waals surface area contributed by atoms with Gasteiger partial charge in [0.15, 0.2) is 5.96 Å². The molecule has 0 atom stereocenters. The molecular formula is C17H32IN5O. The van der Waals surface area contributed by atoms with Crippen molar-refractivity contribution in [2.45, 2.75) is 39.7 Å². The fourth-order valence-corrected chi connectivity index (χ4v) is 3.14. The highest BCUT2D eigenvalue weighted by Gasteiger charge is 2.16. The Morgan fingerprint density at radius 3 is 2.58 bits per heavy atom. The van der Waals surface area contributed by atoms with E-state index in [1.165, 1.54) is 30.5 Å². The van der Waals surface area contributed by atoms with Crippen LogP contribution in [0.3, 0.4) is 0 Å². The zero-order chi connectivity index (χ0) is 16.8. The minimum Gasteiger partial charge on any atom is -0.381 e. The summed E-state index contributed by atoms with van der Waals surface area (Å²) in [5.41, 5.74) is 3.54. The van der Waals surface area contributed by atoms with Crippen LogP contribution < -0.4 is 5.32 Å². The molecule has 24 heavy (non-hydrogen) atoms. The van der Waals surface area contributed by atoms with Crippen LogP contribution >= 0.6 is 24.0 Å². The molecule has 0 spiro atoms. The lowest BCUT2D eigenvalue weighted by molar-refractivity contribution is 0.0625. The Labute approximate surface area is 163 Å². The van der Waals surface area contributed by atoms with Crippen LogP contribution in [0.15, 0.2) is 4.99 Å². The first-order chi connectivity index (χ1) is 11.0. The summed E-state index contributed by atoms with van der Waals surface area (Å²) in [6.07, 6.45) is 3.58. The van der Waals surface area contributed by atoms with E-state index in [1.54, 1.807) is 0 Å². The molecule has 138 valence electrons. The third-order valence-electron chi connectivity index (χ3n) is 4.87. The number of nitrogens with one attached hydrogen (secondary N) is 1. The van der Waals surface area contributed by atoms with Crippen molar-refractivity contribution in [2.75, 3.05) is 33.9 Å². The van der Waals surface area contributed by atoms with Gasteiger partial charge in [0.1, 0.15) is 0 Å². The molecule has 0 aliphatic carbocycles. The molecule has 0 saturated carbocycles. The monoisotopic (exact) mass is 449 g/mol. The van der Waals surface area contributed by atoms with Gasteiger partial charge in [0.05, 0.1) is 5.69 Å². The fraction of sp³-hybridized carbons (Fsp3) is 0.765. The van der Waals surface area contributed by atoms with Crippen LogP contribution in [0.2, 0.25) is 0 Å². The quantitative estimate of drug-likeness (QED) is 0.427. The van der Waals surface area contributed by atoms with Crippen molar-refractivity contribution in [3.05, 3.63) is 17.0 Å². The second-order valence-corrected chi connectivity index (χ2v) is 6.44. The summed E-state index contributed by atoms with van der Waals surface area (Å²) in [4.78, 5) is 6.63. The molecular weight excluding hydrogens is 417 g/mol. The molecule has 0 bridgehead atoms. The van der Waals surface area contributed by atoms with Gasteiger partial charge < -0.3 is 15.0 Å². The van der Waals surface area contributed by atoms with Gasteiger partial charge in [-0.25, -0.2) is 0 Å². The zero-order valence-corrected chi connectivity index (χ0v) is 18.0. The van der Waals surface area contributed by atoms with Gasteiger partial charge in [0.25, 0.3) is 0 Å². The molecule has 1 aliphatic rings. The van der Waals surface area contributed by atoms with Crippen LogP contribution in [0.5, 0.6) is 0 Å². The average molecular weight is 449 g/mol. The lowest BCUT2D eigenvalue weighted by atomic mass is 9.96. The van der Waals surface area contributed by atoms with Crippen LogP contribution in [0, 0.1) is 19.8 Å². The topological polar surface area (TPSA) is 54.7 Å². The van der Waals surface area contributed by atoms with Crippen LogP contribution in [0.1, 0.15) is 36.2 Å². The highest BCUT2D eigenvalue weighted by atomic mass is 127. The van der Waals surface area contributed by atoms with Crippen molar-refractivity contribution in [1.82, 2.24) is 20.0 Å². The molecule has 0 amide bonds. The SMILES string of the molecule is CN=C(NCc1c(C)nn(C)c1C)N(C)CCC1CCOCC1.I.